The SMILES string of the molecule is CCOC(=O)c1sc(Nc2nc(N3CCC(O)CC3)c(C)c(N3CCC(O)CC3)n2)nc1C. The maximum atomic E-state index is 12.2. The number of nitrogens with zero attached hydrogens (tertiary/aromatic N) is 5. The highest BCUT2D eigenvalue weighted by Gasteiger charge is 2.26. The molecule has 0 amide bonds. The summed E-state index contributed by atoms with van der Waals surface area (Å²) in [7, 11) is 0. The number of thiazole rings is 1. The summed E-state index contributed by atoms with van der Waals surface area (Å²) in [5, 5.41) is 23.6. The summed E-state index contributed by atoms with van der Waals surface area (Å²) in [4.78, 5) is 31.1. The van der Waals surface area contributed by atoms with Crippen LogP contribution in [0.1, 0.15) is 53.5 Å². The third-order valence-corrected chi connectivity index (χ3v) is 7.15. The minimum absolute atomic E-state index is 0.274. The fraction of sp³-hybridized carbons (Fsp3) is 0.636. The second kappa shape index (κ2) is 10.2. The van der Waals surface area contributed by atoms with E-state index in [-0.39, 0.29) is 18.2 Å². The van der Waals surface area contributed by atoms with E-state index in [1.54, 1.807) is 13.8 Å². The molecule has 4 heterocycles. The molecule has 0 aromatic carbocycles. The maximum absolute atomic E-state index is 12.2. The van der Waals surface area contributed by atoms with Gasteiger partial charge >= 0.3 is 5.97 Å². The number of aliphatic hydroxyl groups is 2. The Morgan fingerprint density at radius 1 is 1.00 bits per heavy atom. The average molecular weight is 477 g/mol. The molecule has 2 saturated heterocycles. The van der Waals surface area contributed by atoms with Gasteiger partial charge < -0.3 is 24.7 Å². The summed E-state index contributed by atoms with van der Waals surface area (Å²) in [6, 6.07) is 0. The van der Waals surface area contributed by atoms with Crippen LogP contribution in [-0.4, -0.2) is 76.1 Å². The molecule has 10 nitrogen and oxygen atoms in total. The highest BCUT2D eigenvalue weighted by molar-refractivity contribution is 7.17. The molecule has 0 saturated carbocycles. The van der Waals surface area contributed by atoms with Gasteiger partial charge in [-0.15, -0.1) is 0 Å². The van der Waals surface area contributed by atoms with E-state index in [0.29, 0.717) is 53.9 Å². The number of piperidine rings is 2. The van der Waals surface area contributed by atoms with Crippen molar-refractivity contribution in [3.05, 3.63) is 16.1 Å². The fourth-order valence-corrected chi connectivity index (χ4v) is 5.11. The van der Waals surface area contributed by atoms with E-state index in [4.69, 9.17) is 14.7 Å². The summed E-state index contributed by atoms with van der Waals surface area (Å²) in [6.45, 7) is 8.77. The number of aromatic nitrogens is 3. The highest BCUT2D eigenvalue weighted by Crippen LogP contribution is 2.33. The summed E-state index contributed by atoms with van der Waals surface area (Å²) in [5.41, 5.74) is 1.58. The van der Waals surface area contributed by atoms with Crippen molar-refractivity contribution in [3.8, 4) is 0 Å². The first-order valence-corrected chi connectivity index (χ1v) is 12.3. The lowest BCUT2D eigenvalue weighted by atomic mass is 10.1. The van der Waals surface area contributed by atoms with Gasteiger partial charge in [0.2, 0.25) is 5.95 Å². The van der Waals surface area contributed by atoms with Crippen molar-refractivity contribution in [2.75, 3.05) is 47.9 Å². The Hall–Kier alpha value is -2.50. The molecule has 11 heteroatoms. The van der Waals surface area contributed by atoms with E-state index >= 15 is 0 Å². The summed E-state index contributed by atoms with van der Waals surface area (Å²) in [5.74, 6) is 1.69. The van der Waals surface area contributed by atoms with Crippen molar-refractivity contribution in [2.24, 2.45) is 0 Å². The van der Waals surface area contributed by atoms with Crippen LogP contribution in [0.2, 0.25) is 0 Å². The first kappa shape index (κ1) is 23.7. The molecule has 2 fully saturated rings. The van der Waals surface area contributed by atoms with Crippen molar-refractivity contribution >= 4 is 40.0 Å². The van der Waals surface area contributed by atoms with Crippen LogP contribution in [0, 0.1) is 13.8 Å². The molecule has 0 radical (unpaired) electrons. The predicted molar refractivity (Wildman–Crippen MR) is 128 cm³/mol. The standard InChI is InChI=1S/C22H32N6O4S/c1-4-32-20(31)17-14(3)23-22(33-17)26-21-24-18(27-9-5-15(29)6-10-27)13(2)19(25-21)28-11-7-16(30)8-12-28/h15-16,29-30H,4-12H2,1-3H3,(H,23,24,25,26). The van der Waals surface area contributed by atoms with Gasteiger partial charge in [0.1, 0.15) is 16.5 Å². The van der Waals surface area contributed by atoms with Crippen molar-refractivity contribution < 1.29 is 19.7 Å². The zero-order chi connectivity index (χ0) is 23.5. The number of hydrogen-bond acceptors (Lipinski definition) is 11. The van der Waals surface area contributed by atoms with E-state index in [1.165, 1.54) is 11.3 Å². The smallest absolute Gasteiger partial charge is 0.350 e. The van der Waals surface area contributed by atoms with Gasteiger partial charge in [-0.05, 0) is 46.5 Å². The molecule has 180 valence electrons. The summed E-state index contributed by atoms with van der Waals surface area (Å²) in [6.07, 6.45) is 2.25. The van der Waals surface area contributed by atoms with Crippen LogP contribution in [0.3, 0.4) is 0 Å². The molecule has 33 heavy (non-hydrogen) atoms. The predicted octanol–water partition coefficient (Wildman–Crippen LogP) is 2.39. The largest absolute Gasteiger partial charge is 0.462 e. The molecular formula is C22H32N6O4S. The van der Waals surface area contributed by atoms with Crippen molar-refractivity contribution in [2.45, 2.75) is 58.7 Å². The lowest BCUT2D eigenvalue weighted by Gasteiger charge is -2.35. The zero-order valence-electron chi connectivity index (χ0n) is 19.4. The van der Waals surface area contributed by atoms with Crippen molar-refractivity contribution in [1.29, 1.82) is 0 Å². The van der Waals surface area contributed by atoms with Gasteiger partial charge in [-0.3, -0.25) is 5.32 Å². The minimum atomic E-state index is -0.384. The molecule has 0 bridgehead atoms. The Morgan fingerprint density at radius 2 is 1.52 bits per heavy atom. The normalized spacial score (nSPS) is 18.0. The second-order valence-electron chi connectivity index (χ2n) is 8.53. The van der Waals surface area contributed by atoms with Crippen molar-refractivity contribution in [1.82, 2.24) is 15.0 Å². The van der Waals surface area contributed by atoms with E-state index in [0.717, 1.165) is 43.4 Å². The summed E-state index contributed by atoms with van der Waals surface area (Å²) < 4.78 is 5.12. The Kier molecular flexibility index (Phi) is 7.30. The number of carbonyl (C=O) groups is 1. The van der Waals surface area contributed by atoms with Gasteiger partial charge in [-0.25, -0.2) is 9.78 Å². The quantitative estimate of drug-likeness (QED) is 0.535. The molecule has 0 aliphatic carbocycles. The number of anilines is 4. The van der Waals surface area contributed by atoms with Gasteiger partial charge in [-0.2, -0.15) is 9.97 Å². The number of aliphatic hydroxyl groups excluding tert-OH is 2. The fourth-order valence-electron chi connectivity index (χ4n) is 4.25. The number of ether oxygens (including phenoxy) is 1. The molecular weight excluding hydrogens is 444 g/mol. The van der Waals surface area contributed by atoms with Crippen LogP contribution in [-0.2, 0) is 4.74 Å². The van der Waals surface area contributed by atoms with Crippen molar-refractivity contribution in [3.63, 3.8) is 0 Å². The first-order chi connectivity index (χ1) is 15.9. The Balaban J connectivity index is 1.65. The average Bonchev–Trinajstić information content (AvgIpc) is 3.16. The third-order valence-electron chi connectivity index (χ3n) is 6.10. The van der Waals surface area contributed by atoms with Gasteiger partial charge in [-0.1, -0.05) is 11.3 Å². The van der Waals surface area contributed by atoms with Crippen LogP contribution in [0.5, 0.6) is 0 Å². The number of rotatable bonds is 6. The van der Waals surface area contributed by atoms with E-state index in [2.05, 4.69) is 20.1 Å². The van der Waals surface area contributed by atoms with Crippen LogP contribution >= 0.6 is 11.3 Å². The van der Waals surface area contributed by atoms with E-state index in [1.807, 2.05) is 6.92 Å². The molecule has 2 aliphatic heterocycles. The van der Waals surface area contributed by atoms with Crippen LogP contribution < -0.4 is 15.1 Å². The number of esters is 1. The van der Waals surface area contributed by atoms with Gasteiger partial charge in [0, 0.05) is 31.7 Å². The molecule has 2 aromatic rings. The Bertz CT molecular complexity index is 940. The van der Waals surface area contributed by atoms with Crippen LogP contribution in [0.25, 0.3) is 0 Å². The first-order valence-electron chi connectivity index (χ1n) is 11.5. The molecule has 0 spiro atoms. The molecule has 2 aromatic heterocycles. The number of aryl methyl sites for hydroxylation is 1. The maximum Gasteiger partial charge on any atom is 0.350 e. The van der Waals surface area contributed by atoms with Gasteiger partial charge in [0.15, 0.2) is 5.13 Å². The van der Waals surface area contributed by atoms with Crippen LogP contribution in [0.15, 0.2) is 0 Å². The van der Waals surface area contributed by atoms with Gasteiger partial charge in [0.05, 0.1) is 24.5 Å². The molecule has 2 aliphatic rings. The monoisotopic (exact) mass is 476 g/mol. The molecule has 3 N–H and O–H groups in total. The van der Waals surface area contributed by atoms with E-state index < -0.39 is 0 Å². The van der Waals surface area contributed by atoms with Gasteiger partial charge in [0.25, 0.3) is 0 Å². The summed E-state index contributed by atoms with van der Waals surface area (Å²) >= 11 is 1.22. The highest BCUT2D eigenvalue weighted by atomic mass is 32.1. The minimum Gasteiger partial charge on any atom is -0.462 e. The molecule has 0 atom stereocenters. The van der Waals surface area contributed by atoms with E-state index in [9.17, 15) is 15.0 Å². The van der Waals surface area contributed by atoms with Crippen LogP contribution in [0.4, 0.5) is 22.7 Å². The zero-order valence-corrected chi connectivity index (χ0v) is 20.2. The topological polar surface area (TPSA) is 124 Å². The Morgan fingerprint density at radius 3 is 2.00 bits per heavy atom. The third kappa shape index (κ3) is 5.36. The molecule has 0 unspecified atom stereocenters. The number of hydrogen-bond donors (Lipinski definition) is 3. The Labute approximate surface area is 197 Å². The number of carbonyl (C=O) groups excluding carboxylic acids is 1. The molecule has 4 rings (SSSR count). The lowest BCUT2D eigenvalue weighted by molar-refractivity contribution is 0.0531. The lowest BCUT2D eigenvalue weighted by Crippen LogP contribution is -2.39. The number of nitrogens with one attached hydrogen (secondary N) is 1. The second-order valence-corrected chi connectivity index (χ2v) is 9.53.